The molecule has 3 aromatic rings. The third-order valence-electron chi connectivity index (χ3n) is 4.47. The molecule has 1 aromatic carbocycles. The summed E-state index contributed by atoms with van der Waals surface area (Å²) in [4.78, 5) is 23.0. The van der Waals surface area contributed by atoms with E-state index in [4.69, 9.17) is 9.15 Å². The Labute approximate surface area is 155 Å². The number of carbonyl (C=O) groups excluding carboxylic acids is 1. The number of ether oxygens (including phenoxy) is 1. The highest BCUT2D eigenvalue weighted by Gasteiger charge is 2.31. The number of nitrogens with one attached hydrogen (secondary N) is 1. The van der Waals surface area contributed by atoms with Gasteiger partial charge in [0.2, 0.25) is 5.91 Å². The van der Waals surface area contributed by atoms with Crippen LogP contribution in [0.15, 0.2) is 35.2 Å². The molecule has 2 aromatic heterocycles. The zero-order chi connectivity index (χ0) is 18.1. The molecule has 0 bridgehead atoms. The van der Waals surface area contributed by atoms with E-state index in [0.717, 1.165) is 41.2 Å². The number of aromatic nitrogens is 2. The Balaban J connectivity index is 1.37. The van der Waals surface area contributed by atoms with Crippen LogP contribution in [0.5, 0.6) is 5.75 Å². The minimum atomic E-state index is -0.0994. The van der Waals surface area contributed by atoms with Crippen molar-refractivity contribution in [3.05, 3.63) is 35.7 Å². The lowest BCUT2D eigenvalue weighted by atomic mass is 10.2. The van der Waals surface area contributed by atoms with Crippen molar-refractivity contribution in [3.8, 4) is 5.75 Å². The van der Waals surface area contributed by atoms with Gasteiger partial charge in [-0.25, -0.2) is 9.97 Å². The summed E-state index contributed by atoms with van der Waals surface area (Å²) in [5, 5.41) is 3.37. The molecular formula is C18H20N4O3S. The molecule has 0 aliphatic carbocycles. The van der Waals surface area contributed by atoms with E-state index < -0.39 is 0 Å². The average molecular weight is 372 g/mol. The van der Waals surface area contributed by atoms with Gasteiger partial charge in [0.25, 0.3) is 0 Å². The van der Waals surface area contributed by atoms with Crippen LogP contribution in [0.2, 0.25) is 0 Å². The molecule has 1 aliphatic rings. The second-order valence-corrected chi connectivity index (χ2v) is 7.66. The van der Waals surface area contributed by atoms with Crippen LogP contribution in [0.1, 0.15) is 25.1 Å². The number of amides is 1. The Hall–Kier alpha value is -2.45. The molecule has 8 heteroatoms. The van der Waals surface area contributed by atoms with E-state index in [2.05, 4.69) is 27.1 Å². The lowest BCUT2D eigenvalue weighted by molar-refractivity contribution is -0.114. The predicted molar refractivity (Wildman–Crippen MR) is 99.3 cm³/mol. The summed E-state index contributed by atoms with van der Waals surface area (Å²) < 4.78 is 11.5. The van der Waals surface area contributed by atoms with Gasteiger partial charge in [0.1, 0.15) is 17.4 Å². The summed E-state index contributed by atoms with van der Waals surface area (Å²) in [5.74, 6) is 0.705. The molecule has 1 saturated heterocycles. The number of likely N-dealkylation sites (tertiary alicyclic amines) is 1. The normalized spacial score (nSPS) is 20.5. The third-order valence-corrected chi connectivity index (χ3v) is 5.36. The van der Waals surface area contributed by atoms with Crippen molar-refractivity contribution in [1.82, 2.24) is 14.9 Å². The fraction of sp³-hybridized carbons (Fsp3) is 0.389. The molecule has 7 nitrogen and oxygen atoms in total. The van der Waals surface area contributed by atoms with Gasteiger partial charge < -0.3 is 14.5 Å². The van der Waals surface area contributed by atoms with Gasteiger partial charge in [-0.15, -0.1) is 11.3 Å². The van der Waals surface area contributed by atoms with Crippen LogP contribution in [0.25, 0.3) is 11.1 Å². The van der Waals surface area contributed by atoms with E-state index in [9.17, 15) is 4.79 Å². The molecule has 26 heavy (non-hydrogen) atoms. The van der Waals surface area contributed by atoms with Crippen molar-refractivity contribution in [2.45, 2.75) is 39.0 Å². The Bertz CT molecular complexity index is 922. The van der Waals surface area contributed by atoms with Gasteiger partial charge in [-0.1, -0.05) is 0 Å². The topological polar surface area (TPSA) is 80.5 Å². The van der Waals surface area contributed by atoms with Gasteiger partial charge in [-0.05, 0) is 19.1 Å². The van der Waals surface area contributed by atoms with Crippen molar-refractivity contribution in [1.29, 1.82) is 0 Å². The highest BCUT2D eigenvalue weighted by Crippen LogP contribution is 2.28. The number of fused-ring (bicyclic) bond motifs is 1. The summed E-state index contributed by atoms with van der Waals surface area (Å²) in [5.41, 5.74) is 1.57. The van der Waals surface area contributed by atoms with E-state index in [1.807, 2.05) is 24.4 Å². The molecule has 136 valence electrons. The fourth-order valence-corrected chi connectivity index (χ4v) is 4.13. The molecule has 1 amide bonds. The maximum atomic E-state index is 11.1. The number of thiazole rings is 1. The molecule has 3 heterocycles. The second kappa shape index (κ2) is 7.05. The quantitative estimate of drug-likeness (QED) is 0.740. The number of carbonyl (C=O) groups is 1. The largest absolute Gasteiger partial charge is 0.489 e. The highest BCUT2D eigenvalue weighted by atomic mass is 32.1. The Morgan fingerprint density at radius 3 is 3.19 bits per heavy atom. The van der Waals surface area contributed by atoms with E-state index in [1.54, 1.807) is 0 Å². The lowest BCUT2D eigenvalue weighted by Crippen LogP contribution is -2.27. The minimum absolute atomic E-state index is 0.0994. The molecule has 0 spiro atoms. The van der Waals surface area contributed by atoms with Crippen LogP contribution in [-0.2, 0) is 11.3 Å². The van der Waals surface area contributed by atoms with Gasteiger partial charge >= 0.3 is 0 Å². The van der Waals surface area contributed by atoms with Crippen molar-refractivity contribution in [2.75, 3.05) is 11.9 Å². The number of oxazole rings is 1. The molecule has 0 saturated carbocycles. The van der Waals surface area contributed by atoms with Crippen LogP contribution in [-0.4, -0.2) is 39.5 Å². The molecule has 1 N–H and O–H groups in total. The smallest absolute Gasteiger partial charge is 0.223 e. The monoisotopic (exact) mass is 372 g/mol. The number of hydrogen-bond acceptors (Lipinski definition) is 7. The van der Waals surface area contributed by atoms with Crippen LogP contribution in [0, 0.1) is 0 Å². The zero-order valence-corrected chi connectivity index (χ0v) is 15.5. The highest BCUT2D eigenvalue weighted by molar-refractivity contribution is 7.15. The fourth-order valence-electron chi connectivity index (χ4n) is 3.24. The molecule has 1 aliphatic heterocycles. The first-order chi connectivity index (χ1) is 12.6. The van der Waals surface area contributed by atoms with Crippen LogP contribution in [0.3, 0.4) is 0 Å². The summed E-state index contributed by atoms with van der Waals surface area (Å²) in [6, 6.07) is 6.14. The first kappa shape index (κ1) is 17.0. The zero-order valence-electron chi connectivity index (χ0n) is 14.6. The number of hydrogen-bond donors (Lipinski definition) is 1. The molecule has 4 rings (SSSR count). The molecule has 1 fully saturated rings. The van der Waals surface area contributed by atoms with Crippen molar-refractivity contribution in [2.24, 2.45) is 0 Å². The van der Waals surface area contributed by atoms with E-state index in [1.165, 1.54) is 24.7 Å². The Morgan fingerprint density at radius 1 is 1.46 bits per heavy atom. The minimum Gasteiger partial charge on any atom is -0.489 e. The molecular weight excluding hydrogens is 352 g/mol. The summed E-state index contributed by atoms with van der Waals surface area (Å²) in [7, 11) is 0. The number of nitrogens with zero attached hydrogens (tertiary/aromatic N) is 3. The Morgan fingerprint density at radius 2 is 2.35 bits per heavy atom. The second-order valence-electron chi connectivity index (χ2n) is 6.55. The first-order valence-electron chi connectivity index (χ1n) is 8.53. The predicted octanol–water partition coefficient (Wildman–Crippen LogP) is 3.28. The van der Waals surface area contributed by atoms with Crippen molar-refractivity contribution < 1.29 is 13.9 Å². The van der Waals surface area contributed by atoms with Gasteiger partial charge in [-0.3, -0.25) is 9.69 Å². The summed E-state index contributed by atoms with van der Waals surface area (Å²) in [6.07, 6.45) is 4.37. The van der Waals surface area contributed by atoms with Gasteiger partial charge in [0, 0.05) is 49.6 Å². The lowest BCUT2D eigenvalue weighted by Gasteiger charge is -2.19. The number of benzene rings is 1. The van der Waals surface area contributed by atoms with E-state index >= 15 is 0 Å². The number of rotatable bonds is 5. The van der Waals surface area contributed by atoms with Crippen LogP contribution >= 0.6 is 11.3 Å². The third kappa shape index (κ3) is 3.71. The SMILES string of the molecule is CC(=O)Nc1ncc(CN2C[C@H](Oc3ccc4ncoc4c3)C[C@@H]2C)s1. The van der Waals surface area contributed by atoms with Crippen molar-refractivity contribution >= 4 is 33.5 Å². The van der Waals surface area contributed by atoms with Crippen molar-refractivity contribution in [3.63, 3.8) is 0 Å². The van der Waals surface area contributed by atoms with Crippen LogP contribution < -0.4 is 10.1 Å². The standard InChI is InChI=1S/C18H20N4O3S/c1-11-5-14(25-13-3-4-16-17(6-13)24-10-20-16)8-22(11)9-15-7-19-18(26-15)21-12(2)23/h3-4,6-7,10-11,14H,5,8-9H2,1-2H3,(H,19,21,23)/t11-,14+/m0/s1. The Kier molecular flexibility index (Phi) is 4.60. The first-order valence-corrected chi connectivity index (χ1v) is 9.35. The van der Waals surface area contributed by atoms with Gasteiger partial charge in [0.05, 0.1) is 0 Å². The molecule has 0 unspecified atom stereocenters. The van der Waals surface area contributed by atoms with Crippen LogP contribution in [0.4, 0.5) is 5.13 Å². The molecule has 2 atom stereocenters. The molecule has 0 radical (unpaired) electrons. The maximum Gasteiger partial charge on any atom is 0.223 e. The van der Waals surface area contributed by atoms with E-state index in [-0.39, 0.29) is 12.0 Å². The summed E-state index contributed by atoms with van der Waals surface area (Å²) in [6.45, 7) is 5.35. The van der Waals surface area contributed by atoms with Gasteiger partial charge in [-0.2, -0.15) is 0 Å². The average Bonchev–Trinajstić information content (AvgIpc) is 3.29. The summed E-state index contributed by atoms with van der Waals surface area (Å²) >= 11 is 1.51. The number of anilines is 1. The van der Waals surface area contributed by atoms with Gasteiger partial charge in [0.15, 0.2) is 17.1 Å². The maximum absolute atomic E-state index is 11.1. The van der Waals surface area contributed by atoms with E-state index in [0.29, 0.717) is 11.2 Å².